The number of carbonyl (C=O) groups excluding carboxylic acids is 1. The van der Waals surface area contributed by atoms with Crippen molar-refractivity contribution in [1.29, 1.82) is 5.26 Å². The minimum atomic E-state index is -0.477. The van der Waals surface area contributed by atoms with Crippen LogP contribution in [0.2, 0.25) is 0 Å². The summed E-state index contributed by atoms with van der Waals surface area (Å²) in [6, 6.07) is 5.35. The van der Waals surface area contributed by atoms with Gasteiger partial charge in [-0.2, -0.15) is 5.26 Å². The molecule has 1 aromatic carbocycles. The molecule has 1 N–H and O–H groups in total. The van der Waals surface area contributed by atoms with Crippen molar-refractivity contribution in [2.75, 3.05) is 13.7 Å². The maximum Gasteiger partial charge on any atom is 0.348 e. The van der Waals surface area contributed by atoms with Crippen LogP contribution in [0.5, 0.6) is 11.5 Å². The second kappa shape index (κ2) is 8.14. The van der Waals surface area contributed by atoms with Crippen molar-refractivity contribution in [3.05, 3.63) is 38.2 Å². The van der Waals surface area contributed by atoms with Gasteiger partial charge in [0, 0.05) is 16.3 Å². The van der Waals surface area contributed by atoms with E-state index < -0.39 is 5.97 Å². The molecule has 2 rings (SSSR count). The molecule has 0 atom stereocenters. The van der Waals surface area contributed by atoms with Gasteiger partial charge in [0.05, 0.1) is 19.3 Å². The topological polar surface area (TPSA) is 91.9 Å². The van der Waals surface area contributed by atoms with E-state index in [0.29, 0.717) is 36.8 Å². The predicted octanol–water partition coefficient (Wildman–Crippen LogP) is 4.33. The van der Waals surface area contributed by atoms with Crippen molar-refractivity contribution in [3.8, 4) is 17.6 Å². The van der Waals surface area contributed by atoms with Gasteiger partial charge in [-0.1, -0.05) is 15.9 Å². The minimum Gasteiger partial charge on any atom is -0.504 e. The minimum absolute atomic E-state index is 0.0631. The van der Waals surface area contributed by atoms with Crippen molar-refractivity contribution < 1.29 is 19.4 Å². The monoisotopic (exact) mass is 422 g/mol. The summed E-state index contributed by atoms with van der Waals surface area (Å²) >= 11 is 4.41. The molecule has 0 fully saturated rings. The highest BCUT2D eigenvalue weighted by atomic mass is 79.9. The molecule has 0 bridgehead atoms. The van der Waals surface area contributed by atoms with Crippen LogP contribution in [0.15, 0.2) is 21.6 Å². The van der Waals surface area contributed by atoms with Crippen LogP contribution < -0.4 is 4.74 Å². The second-order valence-corrected chi connectivity index (χ2v) is 6.79. The van der Waals surface area contributed by atoms with E-state index in [1.807, 2.05) is 0 Å². The first-order chi connectivity index (χ1) is 11.9. The Balaban J connectivity index is 2.46. The van der Waals surface area contributed by atoms with E-state index in [-0.39, 0.29) is 12.4 Å². The summed E-state index contributed by atoms with van der Waals surface area (Å²) < 4.78 is 10.8. The Kier molecular flexibility index (Phi) is 6.17. The molecule has 0 aliphatic heterocycles. The molecule has 2 aromatic rings. The quantitative estimate of drug-likeness (QED) is 0.571. The van der Waals surface area contributed by atoms with Gasteiger partial charge in [0.1, 0.15) is 15.9 Å². The molecule has 130 valence electrons. The van der Waals surface area contributed by atoms with Crippen LogP contribution in [0.4, 0.5) is 5.00 Å². The molecule has 0 aliphatic carbocycles. The normalized spacial score (nSPS) is 10.7. The van der Waals surface area contributed by atoms with Crippen LogP contribution in [0.25, 0.3) is 0 Å². The fourth-order valence-electron chi connectivity index (χ4n) is 2.09. The molecule has 0 radical (unpaired) electrons. The molecule has 25 heavy (non-hydrogen) atoms. The number of halogens is 1. The summed E-state index contributed by atoms with van der Waals surface area (Å²) in [5.74, 6) is -0.243. The lowest BCUT2D eigenvalue weighted by Gasteiger charge is -2.06. The molecule has 1 aromatic heterocycles. The second-order valence-electron chi connectivity index (χ2n) is 4.87. The van der Waals surface area contributed by atoms with Gasteiger partial charge in [0.2, 0.25) is 0 Å². The van der Waals surface area contributed by atoms with Gasteiger partial charge in [-0.25, -0.2) is 9.79 Å². The standard InChI is InChI=1S/C17H15BrN2O4S/c1-4-24-17(22)15-9(2)12(7-19)16(25-15)20-8-10-5-11(18)6-13(23-3)14(10)21/h5-6,8,21H,4H2,1-3H3. The number of nitriles is 1. The van der Waals surface area contributed by atoms with Crippen LogP contribution in [0.3, 0.4) is 0 Å². The van der Waals surface area contributed by atoms with Crippen LogP contribution in [-0.2, 0) is 4.74 Å². The smallest absolute Gasteiger partial charge is 0.348 e. The van der Waals surface area contributed by atoms with E-state index in [4.69, 9.17) is 9.47 Å². The van der Waals surface area contributed by atoms with E-state index in [9.17, 15) is 15.2 Å². The predicted molar refractivity (Wildman–Crippen MR) is 99.3 cm³/mol. The number of nitrogens with zero attached hydrogens (tertiary/aromatic N) is 2. The van der Waals surface area contributed by atoms with Gasteiger partial charge in [-0.05, 0) is 31.5 Å². The van der Waals surface area contributed by atoms with E-state index in [1.54, 1.807) is 26.0 Å². The van der Waals surface area contributed by atoms with Gasteiger partial charge in [0.15, 0.2) is 11.5 Å². The highest BCUT2D eigenvalue weighted by Gasteiger charge is 2.20. The summed E-state index contributed by atoms with van der Waals surface area (Å²) in [7, 11) is 1.45. The zero-order chi connectivity index (χ0) is 18.6. The number of esters is 1. The highest BCUT2D eigenvalue weighted by Crippen LogP contribution is 2.37. The number of hydrogen-bond donors (Lipinski definition) is 1. The van der Waals surface area contributed by atoms with Gasteiger partial charge in [-0.3, -0.25) is 0 Å². The Labute approximate surface area is 157 Å². The number of hydrogen-bond acceptors (Lipinski definition) is 7. The number of aliphatic imine (C=N–C) groups is 1. The summed E-state index contributed by atoms with van der Waals surface area (Å²) in [6.45, 7) is 3.65. The molecule has 8 heteroatoms. The first-order valence-electron chi connectivity index (χ1n) is 7.24. The van der Waals surface area contributed by atoms with Gasteiger partial charge in [0.25, 0.3) is 0 Å². The number of benzene rings is 1. The first kappa shape index (κ1) is 19.0. The van der Waals surface area contributed by atoms with Crippen molar-refractivity contribution in [1.82, 2.24) is 0 Å². The lowest BCUT2D eigenvalue weighted by atomic mass is 10.1. The van der Waals surface area contributed by atoms with Gasteiger partial charge >= 0.3 is 5.97 Å². The molecule has 0 saturated heterocycles. The zero-order valence-corrected chi connectivity index (χ0v) is 16.2. The molecule has 0 amide bonds. The maximum absolute atomic E-state index is 12.0. The summed E-state index contributed by atoms with van der Waals surface area (Å²) in [5, 5.41) is 19.9. The maximum atomic E-state index is 12.0. The third-order valence-corrected chi connectivity index (χ3v) is 4.95. The zero-order valence-electron chi connectivity index (χ0n) is 13.8. The molecule has 0 saturated carbocycles. The molecule has 1 heterocycles. The SMILES string of the molecule is CCOC(=O)c1sc(N=Cc2cc(Br)cc(OC)c2O)c(C#N)c1C. The molecular weight excluding hydrogens is 408 g/mol. The lowest BCUT2D eigenvalue weighted by molar-refractivity contribution is 0.0531. The van der Waals surface area contributed by atoms with Crippen molar-refractivity contribution in [2.24, 2.45) is 4.99 Å². The highest BCUT2D eigenvalue weighted by molar-refractivity contribution is 9.10. The van der Waals surface area contributed by atoms with Crippen LogP contribution in [0, 0.1) is 18.3 Å². The number of thiophene rings is 1. The van der Waals surface area contributed by atoms with Crippen molar-refractivity contribution in [2.45, 2.75) is 13.8 Å². The number of methoxy groups -OCH3 is 1. The van der Waals surface area contributed by atoms with E-state index in [1.165, 1.54) is 13.3 Å². The number of aromatic hydroxyl groups is 1. The van der Waals surface area contributed by atoms with E-state index >= 15 is 0 Å². The Hall–Kier alpha value is -2.37. The number of phenols is 1. The van der Waals surface area contributed by atoms with Crippen LogP contribution in [-0.4, -0.2) is 31.0 Å². The fraction of sp³-hybridized carbons (Fsp3) is 0.235. The van der Waals surface area contributed by atoms with Crippen molar-refractivity contribution in [3.63, 3.8) is 0 Å². The Morgan fingerprint density at radius 2 is 2.24 bits per heavy atom. The molecular formula is C17H15BrN2O4S. The number of phenolic OH excluding ortho intramolecular Hbond substituents is 1. The summed E-state index contributed by atoms with van der Waals surface area (Å²) in [4.78, 5) is 16.6. The average Bonchev–Trinajstić information content (AvgIpc) is 2.91. The Morgan fingerprint density at radius 3 is 2.84 bits per heavy atom. The van der Waals surface area contributed by atoms with Crippen LogP contribution >= 0.6 is 27.3 Å². The van der Waals surface area contributed by atoms with Crippen LogP contribution in [0.1, 0.15) is 33.3 Å². The third kappa shape index (κ3) is 4.00. The first-order valence-corrected chi connectivity index (χ1v) is 8.85. The van der Waals surface area contributed by atoms with E-state index in [0.717, 1.165) is 11.3 Å². The lowest BCUT2D eigenvalue weighted by Crippen LogP contribution is -2.03. The van der Waals surface area contributed by atoms with E-state index in [2.05, 4.69) is 27.0 Å². The number of ether oxygens (including phenoxy) is 2. The Bertz CT molecular complexity index is 884. The summed E-state index contributed by atoms with van der Waals surface area (Å²) in [5.41, 5.74) is 1.26. The molecule has 0 unspecified atom stereocenters. The molecule has 6 nitrogen and oxygen atoms in total. The number of rotatable bonds is 5. The largest absolute Gasteiger partial charge is 0.504 e. The van der Waals surface area contributed by atoms with Gasteiger partial charge in [-0.15, -0.1) is 11.3 Å². The third-order valence-electron chi connectivity index (χ3n) is 3.31. The van der Waals surface area contributed by atoms with Crippen molar-refractivity contribution >= 4 is 44.5 Å². The molecule has 0 spiro atoms. The number of carbonyl (C=O) groups is 1. The Morgan fingerprint density at radius 1 is 1.52 bits per heavy atom. The summed E-state index contributed by atoms with van der Waals surface area (Å²) in [6.07, 6.45) is 1.42. The molecule has 0 aliphatic rings. The average molecular weight is 423 g/mol. The fourth-order valence-corrected chi connectivity index (χ4v) is 3.54. The van der Waals surface area contributed by atoms with Gasteiger partial charge < -0.3 is 14.6 Å².